The molecule has 5 atom stereocenters. The zero-order valence-corrected chi connectivity index (χ0v) is 19.9. The SMILES string of the molecule is COc1ccc(CC(C)(C)NCC(O)CO[C@H](C)c2cccc3c2O[C@@H]2[C@@H](C(=O)O)[C@H]32)c(F)c1. The van der Waals surface area contributed by atoms with Crippen LogP contribution in [0.2, 0.25) is 0 Å². The predicted octanol–water partition coefficient (Wildman–Crippen LogP) is 3.44. The Morgan fingerprint density at radius 2 is 2.06 bits per heavy atom. The van der Waals surface area contributed by atoms with Gasteiger partial charge in [-0.25, -0.2) is 4.39 Å². The molecule has 1 aliphatic heterocycles. The average Bonchev–Trinajstić information content (AvgIpc) is 3.39. The maximum absolute atomic E-state index is 14.3. The third-order valence-electron chi connectivity index (χ3n) is 6.61. The van der Waals surface area contributed by atoms with Crippen LogP contribution in [0.5, 0.6) is 11.5 Å². The average molecular weight is 474 g/mol. The van der Waals surface area contributed by atoms with Crippen LogP contribution in [-0.4, -0.2) is 54.2 Å². The fourth-order valence-corrected chi connectivity index (χ4v) is 4.66. The van der Waals surface area contributed by atoms with E-state index in [0.29, 0.717) is 23.5 Å². The molecule has 0 saturated heterocycles. The van der Waals surface area contributed by atoms with Crippen LogP contribution in [0.4, 0.5) is 4.39 Å². The third kappa shape index (κ3) is 5.04. The van der Waals surface area contributed by atoms with Gasteiger partial charge < -0.3 is 29.7 Å². The number of β-amino-alcohol motifs (C(OH)–C–C–N with tert-alkyl or cyclic N) is 1. The molecule has 0 radical (unpaired) electrons. The van der Waals surface area contributed by atoms with Gasteiger partial charge in [0.2, 0.25) is 0 Å². The van der Waals surface area contributed by atoms with E-state index in [1.807, 2.05) is 39.0 Å². The second kappa shape index (κ2) is 9.52. The minimum Gasteiger partial charge on any atom is -0.497 e. The van der Waals surface area contributed by atoms with Crippen LogP contribution >= 0.6 is 0 Å². The highest BCUT2D eigenvalue weighted by Crippen LogP contribution is 2.59. The molecule has 4 rings (SSSR count). The van der Waals surface area contributed by atoms with Gasteiger partial charge in [-0.15, -0.1) is 0 Å². The van der Waals surface area contributed by atoms with E-state index in [1.54, 1.807) is 12.1 Å². The first-order valence-corrected chi connectivity index (χ1v) is 11.5. The second-order valence-corrected chi connectivity index (χ2v) is 9.77. The lowest BCUT2D eigenvalue weighted by atomic mass is 9.94. The number of fused-ring (bicyclic) bond motifs is 3. The number of aliphatic carboxylic acids is 1. The third-order valence-corrected chi connectivity index (χ3v) is 6.61. The van der Waals surface area contributed by atoms with E-state index in [-0.39, 0.29) is 37.1 Å². The van der Waals surface area contributed by atoms with Crippen molar-refractivity contribution in [2.24, 2.45) is 5.92 Å². The fraction of sp³-hybridized carbons (Fsp3) is 0.500. The number of nitrogens with one attached hydrogen (secondary N) is 1. The number of ether oxygens (including phenoxy) is 3. The monoisotopic (exact) mass is 473 g/mol. The van der Waals surface area contributed by atoms with Crippen molar-refractivity contribution >= 4 is 5.97 Å². The highest BCUT2D eigenvalue weighted by Gasteiger charge is 2.63. The summed E-state index contributed by atoms with van der Waals surface area (Å²) in [6, 6.07) is 10.5. The van der Waals surface area contributed by atoms with E-state index >= 15 is 0 Å². The topological polar surface area (TPSA) is 97.3 Å². The van der Waals surface area contributed by atoms with Crippen LogP contribution in [0.3, 0.4) is 0 Å². The van der Waals surface area contributed by atoms with E-state index in [0.717, 1.165) is 11.1 Å². The Balaban J connectivity index is 1.27. The number of para-hydroxylation sites is 1. The summed E-state index contributed by atoms with van der Waals surface area (Å²) in [5.74, 6) is -0.533. The number of carboxylic acids is 1. The van der Waals surface area contributed by atoms with Crippen molar-refractivity contribution in [3.63, 3.8) is 0 Å². The molecule has 8 heteroatoms. The van der Waals surface area contributed by atoms with Gasteiger partial charge in [-0.3, -0.25) is 4.79 Å². The van der Waals surface area contributed by atoms with E-state index in [4.69, 9.17) is 14.2 Å². The van der Waals surface area contributed by atoms with Crippen molar-refractivity contribution in [3.8, 4) is 11.5 Å². The highest BCUT2D eigenvalue weighted by atomic mass is 19.1. The van der Waals surface area contributed by atoms with Crippen molar-refractivity contribution in [1.82, 2.24) is 5.32 Å². The van der Waals surface area contributed by atoms with Crippen molar-refractivity contribution in [2.75, 3.05) is 20.3 Å². The first kappa shape index (κ1) is 24.4. The molecule has 1 unspecified atom stereocenters. The predicted molar refractivity (Wildman–Crippen MR) is 124 cm³/mol. The molecule has 1 saturated carbocycles. The Kier molecular flexibility index (Phi) is 6.85. The summed E-state index contributed by atoms with van der Waals surface area (Å²) in [7, 11) is 1.50. The number of halogens is 1. The number of benzene rings is 2. The summed E-state index contributed by atoms with van der Waals surface area (Å²) in [6.07, 6.45) is -0.940. The first-order valence-electron chi connectivity index (χ1n) is 11.5. The lowest BCUT2D eigenvalue weighted by Crippen LogP contribution is -2.46. The molecule has 2 aliphatic rings. The standard InChI is InChI=1S/C26H32FNO6/c1-14(18-6-5-7-19-21-22(25(30)31)24(21)34-23(18)19)33-13-16(29)12-28-26(2,3)11-15-8-9-17(32-4)10-20(15)27/h5-10,14,16,21-22,24,28-29H,11-13H2,1-4H3,(H,30,31)/t14-,16?,21+,22+,24+/m1/s1. The van der Waals surface area contributed by atoms with Crippen LogP contribution in [0.25, 0.3) is 0 Å². The van der Waals surface area contributed by atoms with E-state index in [1.165, 1.54) is 13.2 Å². The van der Waals surface area contributed by atoms with Gasteiger partial charge in [-0.1, -0.05) is 24.3 Å². The van der Waals surface area contributed by atoms with Crippen molar-refractivity contribution < 1.29 is 33.6 Å². The minimum absolute atomic E-state index is 0.0905. The number of hydrogen-bond acceptors (Lipinski definition) is 6. The van der Waals surface area contributed by atoms with Crippen LogP contribution in [0, 0.1) is 11.7 Å². The molecule has 0 spiro atoms. The molecule has 7 nitrogen and oxygen atoms in total. The van der Waals surface area contributed by atoms with Crippen LogP contribution < -0.4 is 14.8 Å². The van der Waals surface area contributed by atoms with Gasteiger partial charge in [0, 0.05) is 35.2 Å². The molecule has 1 heterocycles. The van der Waals surface area contributed by atoms with Crippen molar-refractivity contribution in [1.29, 1.82) is 0 Å². The molecular weight excluding hydrogens is 441 g/mol. The number of carboxylic acid groups (broad SMARTS) is 1. The minimum atomic E-state index is -0.830. The van der Waals surface area contributed by atoms with E-state index in [9.17, 15) is 19.4 Å². The number of aliphatic hydroxyl groups excluding tert-OH is 1. The van der Waals surface area contributed by atoms with Crippen molar-refractivity contribution in [3.05, 3.63) is 58.9 Å². The van der Waals surface area contributed by atoms with Gasteiger partial charge in [0.15, 0.2) is 0 Å². The smallest absolute Gasteiger partial charge is 0.311 e. The summed E-state index contributed by atoms with van der Waals surface area (Å²) < 4.78 is 31.2. The summed E-state index contributed by atoms with van der Waals surface area (Å²) in [5, 5.41) is 23.0. The quantitative estimate of drug-likeness (QED) is 0.460. The summed E-state index contributed by atoms with van der Waals surface area (Å²) in [5.41, 5.74) is 1.89. The van der Waals surface area contributed by atoms with Gasteiger partial charge in [-0.05, 0) is 38.8 Å². The van der Waals surface area contributed by atoms with Gasteiger partial charge >= 0.3 is 5.97 Å². The van der Waals surface area contributed by atoms with Crippen LogP contribution in [0.1, 0.15) is 49.5 Å². The summed E-state index contributed by atoms with van der Waals surface area (Å²) in [6.45, 7) is 6.18. The molecule has 1 fully saturated rings. The van der Waals surface area contributed by atoms with Gasteiger partial charge in [0.05, 0.1) is 25.9 Å². The first-order chi connectivity index (χ1) is 16.1. The van der Waals surface area contributed by atoms with Gasteiger partial charge in [0.1, 0.15) is 29.3 Å². The largest absolute Gasteiger partial charge is 0.497 e. The molecule has 2 aromatic rings. The highest BCUT2D eigenvalue weighted by molar-refractivity contribution is 5.79. The molecule has 184 valence electrons. The number of rotatable bonds is 11. The number of carbonyl (C=O) groups is 1. The van der Waals surface area contributed by atoms with Crippen LogP contribution in [0.15, 0.2) is 36.4 Å². The molecule has 0 bridgehead atoms. The molecular formula is C26H32FNO6. The maximum Gasteiger partial charge on any atom is 0.311 e. The molecule has 1 aliphatic carbocycles. The number of hydrogen-bond donors (Lipinski definition) is 3. The van der Waals surface area contributed by atoms with E-state index in [2.05, 4.69) is 5.32 Å². The Morgan fingerprint density at radius 3 is 2.74 bits per heavy atom. The Labute approximate surface area is 198 Å². The molecule has 2 aromatic carbocycles. The molecule has 0 aromatic heterocycles. The summed E-state index contributed by atoms with van der Waals surface area (Å²) in [4.78, 5) is 11.3. The number of methoxy groups -OCH3 is 1. The molecule has 0 amide bonds. The normalized spacial score (nSPS) is 22.4. The zero-order valence-electron chi connectivity index (χ0n) is 19.9. The lowest BCUT2D eigenvalue weighted by molar-refractivity contribution is -0.139. The maximum atomic E-state index is 14.3. The van der Waals surface area contributed by atoms with E-state index < -0.39 is 23.5 Å². The van der Waals surface area contributed by atoms with Crippen LogP contribution in [-0.2, 0) is 16.0 Å². The lowest BCUT2D eigenvalue weighted by Gasteiger charge is -2.28. The molecule has 34 heavy (non-hydrogen) atoms. The Hall–Kier alpha value is -2.68. The van der Waals surface area contributed by atoms with Crippen molar-refractivity contribution in [2.45, 2.75) is 57.0 Å². The summed E-state index contributed by atoms with van der Waals surface area (Å²) >= 11 is 0. The number of aliphatic hydroxyl groups is 1. The van der Waals surface area contributed by atoms with Gasteiger partial charge in [-0.2, -0.15) is 0 Å². The molecule has 3 N–H and O–H groups in total. The Bertz CT molecular complexity index is 1060. The zero-order chi connectivity index (χ0) is 24.6. The fourth-order valence-electron chi connectivity index (χ4n) is 4.66. The van der Waals surface area contributed by atoms with Gasteiger partial charge in [0.25, 0.3) is 0 Å². The second-order valence-electron chi connectivity index (χ2n) is 9.77. The Morgan fingerprint density at radius 1 is 1.29 bits per heavy atom.